The van der Waals surface area contributed by atoms with Crippen LogP contribution in [0.25, 0.3) is 0 Å². The van der Waals surface area contributed by atoms with Gasteiger partial charge < -0.3 is 78.8 Å². The predicted octanol–water partition coefficient (Wildman–Crippen LogP) is -5.57. The summed E-state index contributed by atoms with van der Waals surface area (Å²) in [6.07, 6.45) is 13.5. The summed E-state index contributed by atoms with van der Waals surface area (Å²) < 4.78 is 0. The summed E-state index contributed by atoms with van der Waals surface area (Å²) >= 11 is 0. The number of rotatable bonds is 20. The molecule has 4 atom stereocenters. The van der Waals surface area contributed by atoms with E-state index >= 15 is 0 Å². The summed E-state index contributed by atoms with van der Waals surface area (Å²) in [5, 5.41) is 44.7. The molecule has 360 valence electrons. The van der Waals surface area contributed by atoms with E-state index in [0.717, 1.165) is 22.8 Å². The summed E-state index contributed by atoms with van der Waals surface area (Å²) in [5.41, 5.74) is -1.76. The Morgan fingerprint density at radius 3 is 0.615 bits per heavy atom. The van der Waals surface area contributed by atoms with E-state index in [1.165, 1.54) is 0 Å². The Kier molecular flexibility index (Phi) is 25.4. The van der Waals surface area contributed by atoms with Crippen LogP contribution in [0.3, 0.4) is 0 Å². The molecule has 4 heterocycles. The fraction of sp³-hybridized carbons (Fsp3) is 0.636. The molecule has 0 aromatic rings. The molecular formula is C44H72N12O8Zr. The van der Waals surface area contributed by atoms with Crippen LogP contribution in [0.4, 0.5) is 0 Å². The second-order valence-corrected chi connectivity index (χ2v) is 18.5. The number of carboxylic acids is 4. The first-order chi connectivity index (χ1) is 29.4. The number of aliphatic carboxylic acids is 4. The van der Waals surface area contributed by atoms with Gasteiger partial charge in [0.15, 0.2) is 0 Å². The average Bonchev–Trinajstić information content (AvgIpc) is 3.91. The van der Waals surface area contributed by atoms with E-state index in [0.29, 0.717) is 52.4 Å². The number of likely N-dealkylation sites (N-methyl/N-ethyl adjacent to an activating group) is 4. The predicted molar refractivity (Wildman–Crippen MR) is 246 cm³/mol. The number of hydrogen-bond acceptors (Lipinski definition) is 20. The molecule has 20 nitrogen and oxygen atoms in total. The van der Waals surface area contributed by atoms with E-state index in [1.807, 2.05) is 132 Å². The molecule has 0 amide bonds. The van der Waals surface area contributed by atoms with E-state index in [-0.39, 0.29) is 26.2 Å². The number of carbonyl (C=O) groups is 4. The molecule has 0 spiro atoms. The Hall–Kier alpha value is -3.92. The molecule has 0 bridgehead atoms. The minimum absolute atomic E-state index is 0. The quantitative estimate of drug-likeness (QED) is 0.111. The van der Waals surface area contributed by atoms with Crippen molar-refractivity contribution in [3.05, 3.63) is 48.6 Å². The number of carbonyl (C=O) groups excluding carboxylic acids is 4. The first-order valence-electron chi connectivity index (χ1n) is 20.6. The molecule has 65 heavy (non-hydrogen) atoms. The standard InChI is InChI=1S/4C11H19N3O2.Zr/c4*1-13(2)7-9-5-6-11(12-9,10(15)16)8-14(3)4;/h4*5-6H,7-8H2,1-4H3,(H,15,16);/q;;;;+4/p-4. The summed E-state index contributed by atoms with van der Waals surface area (Å²) in [6, 6.07) is 0. The minimum Gasteiger partial charge on any atom is -0.547 e. The SMILES string of the molecule is CN(C)CC1=NC(CN(C)C)(C(=O)[O-])C=C1.CN(C)CC1=NC(CN(C)C)(C(=O)[O-])C=C1.CN(C)CC1=NC(CN(C)C)(C(=O)[O-])C=C1.CN(C)CC1=NC(CN(C)C)(C(=O)[O-])C=C1.[Zr+4]. The Morgan fingerprint density at radius 2 is 0.508 bits per heavy atom. The van der Waals surface area contributed by atoms with Crippen LogP contribution in [0, 0.1) is 0 Å². The van der Waals surface area contributed by atoms with Gasteiger partial charge in [-0.25, -0.2) is 0 Å². The normalized spacial score (nSPS) is 23.9. The molecule has 4 aliphatic heterocycles. The molecule has 0 fully saturated rings. The molecule has 0 aromatic carbocycles. The van der Waals surface area contributed by atoms with Crippen molar-refractivity contribution in [3.8, 4) is 0 Å². The average molecular weight is 988 g/mol. The van der Waals surface area contributed by atoms with Crippen molar-refractivity contribution in [1.82, 2.24) is 39.2 Å². The molecule has 21 heteroatoms. The third-order valence-corrected chi connectivity index (χ3v) is 9.13. The van der Waals surface area contributed by atoms with Crippen LogP contribution in [-0.2, 0) is 45.4 Å². The van der Waals surface area contributed by atoms with Crippen molar-refractivity contribution in [2.75, 3.05) is 165 Å². The van der Waals surface area contributed by atoms with Gasteiger partial charge >= 0.3 is 26.2 Å². The van der Waals surface area contributed by atoms with Crippen molar-refractivity contribution < 1.29 is 65.8 Å². The fourth-order valence-electron chi connectivity index (χ4n) is 6.90. The zero-order valence-electron chi connectivity index (χ0n) is 41.4. The maximum Gasteiger partial charge on any atom is 4.00 e. The molecule has 0 saturated carbocycles. The van der Waals surface area contributed by atoms with E-state index in [4.69, 9.17) is 0 Å². The van der Waals surface area contributed by atoms with Gasteiger partial charge in [-0.05, 0) is 161 Å². The largest absolute Gasteiger partial charge is 4.00 e. The third-order valence-electron chi connectivity index (χ3n) is 9.13. The number of aliphatic imine (C=N–C) groups is 4. The summed E-state index contributed by atoms with van der Waals surface area (Å²) in [5.74, 6) is -4.59. The first-order valence-corrected chi connectivity index (χ1v) is 20.6. The number of carboxylic acid groups (broad SMARTS) is 4. The van der Waals surface area contributed by atoms with Gasteiger partial charge in [0.05, 0.1) is 46.7 Å². The van der Waals surface area contributed by atoms with Crippen molar-refractivity contribution in [3.63, 3.8) is 0 Å². The molecule has 0 N–H and O–H groups in total. The van der Waals surface area contributed by atoms with Crippen LogP contribution < -0.4 is 20.4 Å². The van der Waals surface area contributed by atoms with Gasteiger partial charge in [-0.2, -0.15) is 0 Å². The molecule has 4 unspecified atom stereocenters. The van der Waals surface area contributed by atoms with Crippen molar-refractivity contribution in [1.29, 1.82) is 0 Å². The Morgan fingerprint density at radius 1 is 0.354 bits per heavy atom. The fourth-order valence-corrected chi connectivity index (χ4v) is 6.90. The van der Waals surface area contributed by atoms with Crippen molar-refractivity contribution in [2.24, 2.45) is 20.0 Å². The monoisotopic (exact) mass is 986 g/mol. The topological polar surface area (TPSA) is 236 Å². The number of hydrogen-bond donors (Lipinski definition) is 0. The second kappa shape index (κ2) is 27.0. The number of nitrogens with zero attached hydrogens (tertiary/aromatic N) is 12. The van der Waals surface area contributed by atoms with Gasteiger partial charge in [-0.3, -0.25) is 20.0 Å². The van der Waals surface area contributed by atoms with E-state index in [1.54, 1.807) is 68.2 Å². The minimum atomic E-state index is -1.21. The second-order valence-electron chi connectivity index (χ2n) is 18.5. The molecular weight excluding hydrogens is 916 g/mol. The zero-order chi connectivity index (χ0) is 49.4. The molecule has 0 saturated heterocycles. The van der Waals surface area contributed by atoms with Gasteiger partial charge in [0.1, 0.15) is 22.2 Å². The van der Waals surface area contributed by atoms with Gasteiger partial charge in [-0.1, -0.05) is 0 Å². The van der Waals surface area contributed by atoms with E-state index < -0.39 is 46.0 Å². The summed E-state index contributed by atoms with van der Waals surface area (Å²) in [4.78, 5) is 76.7. The van der Waals surface area contributed by atoms with E-state index in [9.17, 15) is 39.6 Å². The van der Waals surface area contributed by atoms with Crippen LogP contribution in [0.2, 0.25) is 0 Å². The maximum absolute atomic E-state index is 11.2. The summed E-state index contributed by atoms with van der Waals surface area (Å²) in [6.45, 7) is 3.84. The molecule has 0 aliphatic carbocycles. The third kappa shape index (κ3) is 20.2. The van der Waals surface area contributed by atoms with Gasteiger partial charge in [0, 0.05) is 52.4 Å². The van der Waals surface area contributed by atoms with Crippen molar-refractivity contribution >= 4 is 46.7 Å². The van der Waals surface area contributed by atoms with Crippen LogP contribution in [-0.4, -0.2) is 273 Å². The van der Waals surface area contributed by atoms with Crippen LogP contribution in [0.1, 0.15) is 0 Å². The molecule has 0 radical (unpaired) electrons. The van der Waals surface area contributed by atoms with E-state index in [2.05, 4.69) is 20.0 Å². The van der Waals surface area contributed by atoms with Crippen LogP contribution in [0.15, 0.2) is 68.6 Å². The van der Waals surface area contributed by atoms with Gasteiger partial charge in [-0.15, -0.1) is 0 Å². The van der Waals surface area contributed by atoms with Crippen LogP contribution in [0.5, 0.6) is 0 Å². The molecule has 0 aromatic heterocycles. The smallest absolute Gasteiger partial charge is 0.547 e. The summed E-state index contributed by atoms with van der Waals surface area (Å²) in [7, 11) is 29.9. The molecule has 4 aliphatic rings. The Labute approximate surface area is 405 Å². The van der Waals surface area contributed by atoms with Gasteiger partial charge in [0.2, 0.25) is 0 Å². The first kappa shape index (κ1) is 61.1. The van der Waals surface area contributed by atoms with Crippen LogP contribution >= 0.6 is 0 Å². The van der Waals surface area contributed by atoms with Crippen molar-refractivity contribution in [2.45, 2.75) is 22.2 Å². The maximum atomic E-state index is 11.2. The zero-order valence-corrected chi connectivity index (χ0v) is 43.9. The molecule has 4 rings (SSSR count). The Balaban J connectivity index is 0.000000836. The Bertz CT molecular complexity index is 1610. The van der Waals surface area contributed by atoms with Gasteiger partial charge in [0.25, 0.3) is 0 Å².